The van der Waals surface area contributed by atoms with Crippen molar-refractivity contribution < 1.29 is 14.3 Å². The molecule has 0 radical (unpaired) electrons. The van der Waals surface area contributed by atoms with Crippen LogP contribution in [-0.4, -0.2) is 57.5 Å². The second kappa shape index (κ2) is 12.0. The molecule has 0 bridgehead atoms. The highest BCUT2D eigenvalue weighted by Gasteiger charge is 2.33. The Morgan fingerprint density at radius 2 is 1.82 bits per heavy atom. The third kappa shape index (κ3) is 5.92. The molecule has 1 aromatic heterocycles. The van der Waals surface area contributed by atoms with E-state index in [1.54, 1.807) is 9.58 Å². The van der Waals surface area contributed by atoms with Crippen molar-refractivity contribution in [3.8, 4) is 0 Å². The Morgan fingerprint density at radius 1 is 1.05 bits per heavy atom. The lowest BCUT2D eigenvalue weighted by Crippen LogP contribution is -2.47. The van der Waals surface area contributed by atoms with Crippen LogP contribution >= 0.6 is 0 Å². The van der Waals surface area contributed by atoms with Crippen LogP contribution in [0, 0.1) is 6.92 Å². The number of hydrogen-bond acceptors (Lipinski definition) is 5. The van der Waals surface area contributed by atoms with E-state index in [1.807, 2.05) is 85.8 Å². The van der Waals surface area contributed by atoms with Gasteiger partial charge in [0.2, 0.25) is 11.8 Å². The Hall–Kier alpha value is -4.04. The van der Waals surface area contributed by atoms with Crippen molar-refractivity contribution in [1.82, 2.24) is 25.2 Å². The lowest BCUT2D eigenvalue weighted by molar-refractivity contribution is -0.141. The number of ether oxygens (including phenoxy) is 1. The molecule has 1 N–H and O–H groups in total. The molecule has 3 aromatic carbocycles. The molecule has 196 valence electrons. The molecule has 1 aliphatic heterocycles. The summed E-state index contributed by atoms with van der Waals surface area (Å²) < 4.78 is 7.33. The monoisotopic (exact) mass is 511 g/mol. The van der Waals surface area contributed by atoms with E-state index in [0.29, 0.717) is 19.5 Å². The summed E-state index contributed by atoms with van der Waals surface area (Å²) in [5.41, 5.74) is 4.36. The highest BCUT2D eigenvalue weighted by Crippen LogP contribution is 2.26. The molecule has 8 heteroatoms. The number of nitrogens with one attached hydrogen (secondary N) is 1. The summed E-state index contributed by atoms with van der Waals surface area (Å²) in [6.07, 6.45) is 2.54. The normalized spacial score (nSPS) is 15.9. The van der Waals surface area contributed by atoms with E-state index >= 15 is 0 Å². The van der Waals surface area contributed by atoms with Gasteiger partial charge in [-0.2, -0.15) is 0 Å². The van der Waals surface area contributed by atoms with Crippen molar-refractivity contribution in [1.29, 1.82) is 0 Å². The fraction of sp³-hybridized carbons (Fsp3) is 0.333. The van der Waals surface area contributed by atoms with Gasteiger partial charge >= 0.3 is 0 Å². The van der Waals surface area contributed by atoms with Crippen molar-refractivity contribution in [2.45, 2.75) is 44.9 Å². The Kier molecular flexibility index (Phi) is 8.09. The molecule has 0 aliphatic carbocycles. The standard InChI is InChI=1S/C30H33N5O3/c1-22-10-5-6-14-25(22)29(30(37)31-20-24-13-9-19-38-24)34(18-17-23-11-3-2-4-12-23)28(36)21-35-27-16-8-7-15-26(27)32-33-35/h2-8,10-12,14-16,24,29H,9,13,17-21H2,1H3,(H,31,37)/t24-,29+/m1/s1. The first-order chi connectivity index (χ1) is 18.6. The number of nitrogens with zero attached hydrogens (tertiary/aromatic N) is 4. The number of rotatable bonds is 10. The minimum atomic E-state index is -0.788. The predicted octanol–water partition coefficient (Wildman–Crippen LogP) is 3.85. The number of hydrogen-bond donors (Lipinski definition) is 1. The first-order valence-electron chi connectivity index (χ1n) is 13.2. The molecule has 1 fully saturated rings. The van der Waals surface area contributed by atoms with Crippen LogP contribution in [0.25, 0.3) is 11.0 Å². The molecule has 1 aliphatic rings. The zero-order valence-corrected chi connectivity index (χ0v) is 21.6. The van der Waals surface area contributed by atoms with E-state index in [9.17, 15) is 9.59 Å². The van der Waals surface area contributed by atoms with Crippen LogP contribution in [-0.2, 0) is 27.3 Å². The van der Waals surface area contributed by atoms with E-state index in [0.717, 1.165) is 47.2 Å². The summed E-state index contributed by atoms with van der Waals surface area (Å²) in [6.45, 7) is 3.48. The van der Waals surface area contributed by atoms with Gasteiger partial charge in [0.05, 0.1) is 11.6 Å². The minimum Gasteiger partial charge on any atom is -0.376 e. The van der Waals surface area contributed by atoms with Crippen LogP contribution < -0.4 is 5.32 Å². The van der Waals surface area contributed by atoms with Gasteiger partial charge in [0.15, 0.2) is 0 Å². The maximum Gasteiger partial charge on any atom is 0.247 e. The van der Waals surface area contributed by atoms with Gasteiger partial charge in [0.1, 0.15) is 18.1 Å². The molecule has 0 saturated carbocycles. The number of amides is 2. The lowest BCUT2D eigenvalue weighted by Gasteiger charge is -2.32. The first kappa shape index (κ1) is 25.6. The molecule has 2 amide bonds. The molecule has 1 saturated heterocycles. The largest absolute Gasteiger partial charge is 0.376 e. The fourth-order valence-corrected chi connectivity index (χ4v) is 5.01. The molecule has 4 aromatic rings. The lowest BCUT2D eigenvalue weighted by atomic mass is 9.98. The molecular weight excluding hydrogens is 478 g/mol. The van der Waals surface area contributed by atoms with E-state index in [1.165, 1.54) is 0 Å². The zero-order chi connectivity index (χ0) is 26.3. The van der Waals surface area contributed by atoms with Gasteiger partial charge in [0.25, 0.3) is 0 Å². The van der Waals surface area contributed by atoms with E-state index < -0.39 is 6.04 Å². The fourth-order valence-electron chi connectivity index (χ4n) is 5.01. The highest BCUT2D eigenvalue weighted by molar-refractivity contribution is 5.89. The molecule has 8 nitrogen and oxygen atoms in total. The Balaban J connectivity index is 1.47. The smallest absolute Gasteiger partial charge is 0.247 e. The number of para-hydroxylation sites is 1. The summed E-state index contributed by atoms with van der Waals surface area (Å²) >= 11 is 0. The highest BCUT2D eigenvalue weighted by atomic mass is 16.5. The van der Waals surface area contributed by atoms with Gasteiger partial charge in [-0.3, -0.25) is 9.59 Å². The SMILES string of the molecule is Cc1ccccc1[C@@H](C(=O)NC[C@H]1CCCO1)N(CCc1ccccc1)C(=O)Cn1nnc2ccccc21. The molecule has 2 heterocycles. The van der Waals surface area contributed by atoms with E-state index in [2.05, 4.69) is 15.6 Å². The Bertz CT molecular complexity index is 1380. The number of benzene rings is 3. The maximum atomic E-state index is 14.0. The van der Waals surface area contributed by atoms with Crippen molar-refractivity contribution in [3.63, 3.8) is 0 Å². The van der Waals surface area contributed by atoms with Crippen molar-refractivity contribution in [2.24, 2.45) is 0 Å². The maximum absolute atomic E-state index is 14.0. The summed E-state index contributed by atoms with van der Waals surface area (Å²) in [6, 6.07) is 24.5. The van der Waals surface area contributed by atoms with Crippen LogP contribution in [0.1, 0.15) is 35.6 Å². The molecular formula is C30H33N5O3. The zero-order valence-electron chi connectivity index (χ0n) is 21.6. The average molecular weight is 512 g/mol. The van der Waals surface area contributed by atoms with Gasteiger partial charge in [-0.1, -0.05) is 71.9 Å². The summed E-state index contributed by atoms with van der Waals surface area (Å²) in [4.78, 5) is 29.5. The minimum absolute atomic E-state index is 0.00598. The van der Waals surface area contributed by atoms with Crippen LogP contribution in [0.3, 0.4) is 0 Å². The van der Waals surface area contributed by atoms with Gasteiger partial charge < -0.3 is 15.0 Å². The van der Waals surface area contributed by atoms with Gasteiger partial charge in [-0.05, 0) is 55.0 Å². The van der Waals surface area contributed by atoms with E-state index in [-0.39, 0.29) is 24.5 Å². The third-order valence-corrected chi connectivity index (χ3v) is 7.08. The summed E-state index contributed by atoms with van der Waals surface area (Å²) in [5.74, 6) is -0.406. The van der Waals surface area contributed by atoms with Crippen LogP contribution in [0.4, 0.5) is 0 Å². The number of aryl methyl sites for hydroxylation is 1. The number of fused-ring (bicyclic) bond motifs is 1. The molecule has 0 spiro atoms. The van der Waals surface area contributed by atoms with Gasteiger partial charge in [-0.25, -0.2) is 4.68 Å². The number of carbonyl (C=O) groups is 2. The third-order valence-electron chi connectivity index (χ3n) is 7.08. The summed E-state index contributed by atoms with van der Waals surface area (Å²) in [7, 11) is 0. The van der Waals surface area contributed by atoms with Crippen LogP contribution in [0.2, 0.25) is 0 Å². The van der Waals surface area contributed by atoms with Crippen molar-refractivity contribution >= 4 is 22.8 Å². The molecule has 2 atom stereocenters. The topological polar surface area (TPSA) is 89.4 Å². The van der Waals surface area contributed by atoms with Crippen molar-refractivity contribution in [3.05, 3.63) is 95.6 Å². The second-order valence-electron chi connectivity index (χ2n) is 9.70. The van der Waals surface area contributed by atoms with Gasteiger partial charge in [0, 0.05) is 19.7 Å². The Labute approximate surface area is 222 Å². The van der Waals surface area contributed by atoms with E-state index in [4.69, 9.17) is 4.74 Å². The number of aromatic nitrogens is 3. The van der Waals surface area contributed by atoms with Gasteiger partial charge in [-0.15, -0.1) is 5.10 Å². The number of carbonyl (C=O) groups excluding carboxylic acids is 2. The predicted molar refractivity (Wildman–Crippen MR) is 145 cm³/mol. The van der Waals surface area contributed by atoms with Crippen LogP contribution in [0.15, 0.2) is 78.9 Å². The average Bonchev–Trinajstić information content (AvgIpc) is 3.61. The first-order valence-corrected chi connectivity index (χ1v) is 13.2. The second-order valence-corrected chi connectivity index (χ2v) is 9.70. The molecule has 5 rings (SSSR count). The Morgan fingerprint density at radius 3 is 2.61 bits per heavy atom. The van der Waals surface area contributed by atoms with Crippen LogP contribution in [0.5, 0.6) is 0 Å². The molecule has 38 heavy (non-hydrogen) atoms. The molecule has 0 unspecified atom stereocenters. The van der Waals surface area contributed by atoms with Crippen molar-refractivity contribution in [2.75, 3.05) is 19.7 Å². The quantitative estimate of drug-likeness (QED) is 0.349. The summed E-state index contributed by atoms with van der Waals surface area (Å²) in [5, 5.41) is 11.5.